The van der Waals surface area contributed by atoms with Gasteiger partial charge in [-0.15, -0.1) is 11.3 Å². The summed E-state index contributed by atoms with van der Waals surface area (Å²) in [5, 5.41) is 6.24. The average molecular weight is 481 g/mol. The van der Waals surface area contributed by atoms with Crippen LogP contribution in [0.15, 0.2) is 60.0 Å². The highest BCUT2D eigenvalue weighted by Gasteiger charge is 2.31. The van der Waals surface area contributed by atoms with Crippen molar-refractivity contribution in [2.24, 2.45) is 0 Å². The highest BCUT2D eigenvalue weighted by atomic mass is 35.5. The number of carbonyl (C=O) groups is 1. The normalized spacial score (nSPS) is 15.2. The molecule has 1 unspecified atom stereocenters. The van der Waals surface area contributed by atoms with E-state index in [1.807, 2.05) is 31.2 Å². The Hall–Kier alpha value is -2.30. The number of carbonyl (C=O) groups excluding carboxylic acids is 1. The molecule has 1 aromatic heterocycles. The molecule has 5 heteroatoms. The van der Waals surface area contributed by atoms with Gasteiger partial charge in [-0.1, -0.05) is 67.3 Å². The van der Waals surface area contributed by atoms with Gasteiger partial charge in [-0.2, -0.15) is 0 Å². The minimum absolute atomic E-state index is 0.0825. The molecule has 1 aliphatic carbocycles. The summed E-state index contributed by atoms with van der Waals surface area (Å²) in [6, 6.07) is 18.5. The Morgan fingerprint density at radius 1 is 1.06 bits per heavy atom. The molecule has 0 spiro atoms. The second-order valence-electron chi connectivity index (χ2n) is 9.06. The molecule has 0 saturated heterocycles. The molecule has 1 fully saturated rings. The number of halogens is 1. The van der Waals surface area contributed by atoms with E-state index >= 15 is 0 Å². The van der Waals surface area contributed by atoms with E-state index in [-0.39, 0.29) is 11.9 Å². The fraction of sp³-hybridized carbons (Fsp3) is 0.393. The van der Waals surface area contributed by atoms with Crippen molar-refractivity contribution in [3.63, 3.8) is 0 Å². The lowest BCUT2D eigenvalue weighted by molar-refractivity contribution is -0.123. The zero-order chi connectivity index (χ0) is 23.2. The quantitative estimate of drug-likeness (QED) is 0.368. The minimum Gasteiger partial charge on any atom is -0.356 e. The summed E-state index contributed by atoms with van der Waals surface area (Å²) in [6.45, 7) is 4.84. The van der Waals surface area contributed by atoms with E-state index in [4.69, 9.17) is 11.6 Å². The van der Waals surface area contributed by atoms with E-state index in [1.54, 1.807) is 11.3 Å². The molecule has 2 aromatic carbocycles. The molecule has 3 nitrogen and oxygen atoms in total. The molecule has 1 N–H and O–H groups in total. The number of hydrogen-bond donors (Lipinski definition) is 1. The summed E-state index contributed by atoms with van der Waals surface area (Å²) >= 11 is 8.31. The van der Waals surface area contributed by atoms with Gasteiger partial charge in [-0.05, 0) is 73.4 Å². The second-order valence-corrected chi connectivity index (χ2v) is 10.5. The van der Waals surface area contributed by atoms with Crippen molar-refractivity contribution in [2.45, 2.75) is 64.5 Å². The summed E-state index contributed by atoms with van der Waals surface area (Å²) in [6.07, 6.45) is 6.66. The van der Waals surface area contributed by atoms with Crippen LogP contribution >= 0.6 is 22.9 Å². The largest absolute Gasteiger partial charge is 0.356 e. The summed E-state index contributed by atoms with van der Waals surface area (Å²) in [7, 11) is 0. The lowest BCUT2D eigenvalue weighted by Gasteiger charge is -2.35. The van der Waals surface area contributed by atoms with Crippen LogP contribution in [0.4, 0.5) is 5.69 Å². The van der Waals surface area contributed by atoms with Crippen LogP contribution in [0.1, 0.15) is 59.7 Å². The molecule has 0 aliphatic heterocycles. The van der Waals surface area contributed by atoms with E-state index in [1.165, 1.54) is 24.1 Å². The van der Waals surface area contributed by atoms with Crippen LogP contribution in [-0.4, -0.2) is 18.5 Å². The average Bonchev–Trinajstić information content (AvgIpc) is 3.34. The Bertz CT molecular complexity index is 1060. The third-order valence-corrected chi connectivity index (χ3v) is 8.00. The van der Waals surface area contributed by atoms with Crippen LogP contribution in [0, 0.1) is 13.8 Å². The lowest BCUT2D eigenvalue weighted by atomic mass is 9.93. The van der Waals surface area contributed by atoms with Crippen molar-refractivity contribution < 1.29 is 4.79 Å². The van der Waals surface area contributed by atoms with Gasteiger partial charge in [-0.25, -0.2) is 0 Å². The predicted molar refractivity (Wildman–Crippen MR) is 140 cm³/mol. The molecular formula is C28H33ClN2OS. The van der Waals surface area contributed by atoms with Gasteiger partial charge in [0.15, 0.2) is 0 Å². The van der Waals surface area contributed by atoms with Gasteiger partial charge in [-0.3, -0.25) is 4.79 Å². The number of amides is 1. The molecule has 33 heavy (non-hydrogen) atoms. The SMILES string of the molecule is Cc1ccc(N(CCc2cccs2)C(C(=O)NC2CCCCC2)c2ccccc2C)cc1Cl. The Morgan fingerprint density at radius 3 is 2.55 bits per heavy atom. The van der Waals surface area contributed by atoms with Crippen LogP contribution in [0.3, 0.4) is 0 Å². The molecule has 174 valence electrons. The van der Waals surface area contributed by atoms with Gasteiger partial charge in [0.25, 0.3) is 0 Å². The molecular weight excluding hydrogens is 448 g/mol. The topological polar surface area (TPSA) is 32.3 Å². The highest BCUT2D eigenvalue weighted by molar-refractivity contribution is 7.09. The lowest BCUT2D eigenvalue weighted by Crippen LogP contribution is -2.46. The Labute approximate surface area is 206 Å². The van der Waals surface area contributed by atoms with Crippen molar-refractivity contribution in [1.82, 2.24) is 5.32 Å². The van der Waals surface area contributed by atoms with Crippen molar-refractivity contribution in [1.29, 1.82) is 0 Å². The van der Waals surface area contributed by atoms with E-state index in [0.29, 0.717) is 0 Å². The molecule has 0 radical (unpaired) electrons. The van der Waals surface area contributed by atoms with Gasteiger partial charge < -0.3 is 10.2 Å². The third kappa shape index (κ3) is 5.99. The zero-order valence-electron chi connectivity index (χ0n) is 19.5. The van der Waals surface area contributed by atoms with Gasteiger partial charge in [0.05, 0.1) is 0 Å². The molecule has 4 rings (SSSR count). The highest BCUT2D eigenvalue weighted by Crippen LogP contribution is 2.33. The molecule has 1 saturated carbocycles. The van der Waals surface area contributed by atoms with Crippen molar-refractivity contribution >= 4 is 34.5 Å². The molecule has 3 aromatic rings. The third-order valence-electron chi connectivity index (χ3n) is 6.66. The first-order valence-electron chi connectivity index (χ1n) is 11.9. The smallest absolute Gasteiger partial charge is 0.247 e. The number of hydrogen-bond acceptors (Lipinski definition) is 3. The van der Waals surface area contributed by atoms with Crippen molar-refractivity contribution in [2.75, 3.05) is 11.4 Å². The maximum atomic E-state index is 13.9. The summed E-state index contributed by atoms with van der Waals surface area (Å²) in [4.78, 5) is 17.5. The van der Waals surface area contributed by atoms with Gasteiger partial charge in [0.2, 0.25) is 5.91 Å². The van der Waals surface area contributed by atoms with E-state index in [0.717, 1.165) is 53.2 Å². The van der Waals surface area contributed by atoms with E-state index in [9.17, 15) is 4.79 Å². The summed E-state index contributed by atoms with van der Waals surface area (Å²) in [5.74, 6) is 0.0825. The molecule has 0 bridgehead atoms. The van der Waals surface area contributed by atoms with Crippen LogP contribution in [0.2, 0.25) is 5.02 Å². The van der Waals surface area contributed by atoms with Gasteiger partial charge in [0.1, 0.15) is 6.04 Å². The van der Waals surface area contributed by atoms with Gasteiger partial charge in [0, 0.05) is 28.2 Å². The number of nitrogens with zero attached hydrogens (tertiary/aromatic N) is 1. The number of thiophene rings is 1. The standard InChI is InChI=1S/C28H33ClN2OS/c1-20-9-6-7-13-25(20)27(28(32)30-22-10-4-3-5-11-22)31(17-16-24-12-8-18-33-24)23-15-14-21(2)26(29)19-23/h6-9,12-15,18-19,22,27H,3-5,10-11,16-17H2,1-2H3,(H,30,32). The van der Waals surface area contributed by atoms with Crippen molar-refractivity contribution in [3.05, 3.63) is 86.6 Å². The Kier molecular flexibility index (Phi) is 8.11. The second kappa shape index (κ2) is 11.2. The molecule has 1 heterocycles. The number of aryl methyl sites for hydroxylation is 2. The predicted octanol–water partition coefficient (Wildman–Crippen LogP) is 7.26. The van der Waals surface area contributed by atoms with Crippen molar-refractivity contribution in [3.8, 4) is 0 Å². The van der Waals surface area contributed by atoms with E-state index < -0.39 is 6.04 Å². The van der Waals surface area contributed by atoms with Crippen LogP contribution in [0.5, 0.6) is 0 Å². The number of rotatable bonds is 8. The summed E-state index contributed by atoms with van der Waals surface area (Å²) < 4.78 is 0. The fourth-order valence-electron chi connectivity index (χ4n) is 4.72. The first-order chi connectivity index (χ1) is 16.0. The number of anilines is 1. The Balaban J connectivity index is 1.72. The first-order valence-corrected chi connectivity index (χ1v) is 13.2. The minimum atomic E-state index is -0.410. The maximum absolute atomic E-state index is 13.9. The Morgan fingerprint density at radius 2 is 1.85 bits per heavy atom. The first kappa shape index (κ1) is 23.8. The van der Waals surface area contributed by atoms with Crippen LogP contribution < -0.4 is 10.2 Å². The van der Waals surface area contributed by atoms with Crippen LogP contribution in [-0.2, 0) is 11.2 Å². The van der Waals surface area contributed by atoms with Crippen LogP contribution in [0.25, 0.3) is 0 Å². The number of benzene rings is 2. The zero-order valence-corrected chi connectivity index (χ0v) is 21.1. The fourth-order valence-corrected chi connectivity index (χ4v) is 5.60. The van der Waals surface area contributed by atoms with Gasteiger partial charge >= 0.3 is 0 Å². The monoisotopic (exact) mass is 480 g/mol. The number of nitrogens with one attached hydrogen (secondary N) is 1. The van der Waals surface area contributed by atoms with E-state index in [2.05, 4.69) is 52.9 Å². The maximum Gasteiger partial charge on any atom is 0.247 e. The molecule has 1 amide bonds. The molecule has 1 aliphatic rings. The molecule has 1 atom stereocenters. The summed E-state index contributed by atoms with van der Waals surface area (Å²) in [5.41, 5.74) is 4.20.